The van der Waals surface area contributed by atoms with Crippen LogP contribution in [0, 0.1) is 0 Å². The van der Waals surface area contributed by atoms with Crippen molar-refractivity contribution in [2.24, 2.45) is 0 Å². The normalized spacial score (nSPS) is 16.2. The van der Waals surface area contributed by atoms with Gasteiger partial charge in [-0.2, -0.15) is 0 Å². The standard InChI is InChI=1S/C16H24N2O4S/c1-22-16(19)14-8-3-4-9-15(14)23(20,21)17-10-7-13-18-11-5-2-6-12-18/h3-4,8-9,17H,2,5-7,10-13H2,1H3/p+1. The van der Waals surface area contributed by atoms with Gasteiger partial charge in [0.05, 0.1) is 37.2 Å². The Balaban J connectivity index is 1.92. The lowest BCUT2D eigenvalue weighted by Crippen LogP contribution is -3.12. The molecule has 7 heteroatoms. The molecule has 0 spiro atoms. The first-order valence-corrected chi connectivity index (χ1v) is 9.53. The van der Waals surface area contributed by atoms with Crippen molar-refractivity contribution in [3.8, 4) is 0 Å². The number of ether oxygens (including phenoxy) is 1. The summed E-state index contributed by atoms with van der Waals surface area (Å²) in [5.41, 5.74) is 0.0594. The highest BCUT2D eigenvalue weighted by Crippen LogP contribution is 2.16. The van der Waals surface area contributed by atoms with Crippen LogP contribution in [0.2, 0.25) is 0 Å². The molecule has 1 saturated heterocycles. The second kappa shape index (κ2) is 8.42. The van der Waals surface area contributed by atoms with Crippen LogP contribution in [0.5, 0.6) is 0 Å². The molecule has 0 saturated carbocycles. The Bertz CT molecular complexity index is 625. The van der Waals surface area contributed by atoms with Gasteiger partial charge in [0.25, 0.3) is 0 Å². The fraction of sp³-hybridized carbons (Fsp3) is 0.562. The van der Waals surface area contributed by atoms with E-state index in [2.05, 4.69) is 9.46 Å². The topological polar surface area (TPSA) is 76.9 Å². The first-order chi connectivity index (χ1) is 11.0. The van der Waals surface area contributed by atoms with E-state index >= 15 is 0 Å². The molecule has 2 N–H and O–H groups in total. The summed E-state index contributed by atoms with van der Waals surface area (Å²) < 4.78 is 32.0. The number of rotatable bonds is 7. The molecule has 1 heterocycles. The molecule has 0 aliphatic carbocycles. The fourth-order valence-corrected chi connectivity index (χ4v) is 4.17. The minimum Gasteiger partial charge on any atom is -0.465 e. The number of hydrogen-bond acceptors (Lipinski definition) is 4. The molecule has 6 nitrogen and oxygen atoms in total. The van der Waals surface area contributed by atoms with E-state index in [0.717, 1.165) is 13.0 Å². The molecule has 1 aromatic carbocycles. The highest BCUT2D eigenvalue weighted by Gasteiger charge is 2.22. The Labute approximate surface area is 137 Å². The lowest BCUT2D eigenvalue weighted by molar-refractivity contribution is -0.904. The molecular formula is C16H25N2O4S+. The summed E-state index contributed by atoms with van der Waals surface area (Å²) in [6, 6.07) is 6.09. The molecule has 128 valence electrons. The zero-order chi connectivity index (χ0) is 16.7. The van der Waals surface area contributed by atoms with Crippen molar-refractivity contribution in [1.29, 1.82) is 0 Å². The second-order valence-corrected chi connectivity index (χ2v) is 7.54. The van der Waals surface area contributed by atoms with E-state index in [1.165, 1.54) is 51.6 Å². The molecule has 1 fully saturated rings. The summed E-state index contributed by atoms with van der Waals surface area (Å²) >= 11 is 0. The minimum atomic E-state index is -3.71. The number of piperidine rings is 1. The first kappa shape index (κ1) is 17.9. The first-order valence-electron chi connectivity index (χ1n) is 8.05. The molecule has 23 heavy (non-hydrogen) atoms. The number of sulfonamides is 1. The molecule has 0 bridgehead atoms. The maximum atomic E-state index is 12.4. The van der Waals surface area contributed by atoms with Crippen LogP contribution in [0.25, 0.3) is 0 Å². The Kier molecular flexibility index (Phi) is 6.56. The van der Waals surface area contributed by atoms with E-state index in [-0.39, 0.29) is 10.5 Å². The van der Waals surface area contributed by atoms with E-state index in [1.54, 1.807) is 17.0 Å². The number of carbonyl (C=O) groups excluding carboxylic acids is 1. The van der Waals surface area contributed by atoms with Crippen LogP contribution in [0.1, 0.15) is 36.0 Å². The van der Waals surface area contributed by atoms with Gasteiger partial charge in [0.1, 0.15) is 0 Å². The maximum absolute atomic E-state index is 12.4. The van der Waals surface area contributed by atoms with Gasteiger partial charge in [0, 0.05) is 13.0 Å². The fourth-order valence-electron chi connectivity index (χ4n) is 2.90. The Morgan fingerprint density at radius 1 is 1.22 bits per heavy atom. The lowest BCUT2D eigenvalue weighted by Gasteiger charge is -2.23. The number of esters is 1. The van der Waals surface area contributed by atoms with Crippen LogP contribution in [0.3, 0.4) is 0 Å². The summed E-state index contributed by atoms with van der Waals surface area (Å²) in [5, 5.41) is 0. The summed E-state index contributed by atoms with van der Waals surface area (Å²) in [4.78, 5) is 13.2. The molecule has 1 aromatic rings. The van der Waals surface area contributed by atoms with Gasteiger partial charge in [0.15, 0.2) is 0 Å². The van der Waals surface area contributed by atoms with Crippen molar-refractivity contribution in [3.63, 3.8) is 0 Å². The van der Waals surface area contributed by atoms with Gasteiger partial charge < -0.3 is 9.64 Å². The van der Waals surface area contributed by atoms with Gasteiger partial charge in [-0.05, 0) is 31.4 Å². The van der Waals surface area contributed by atoms with Crippen LogP contribution in [-0.4, -0.2) is 47.7 Å². The van der Waals surface area contributed by atoms with Gasteiger partial charge in [-0.3, -0.25) is 0 Å². The van der Waals surface area contributed by atoms with E-state index in [0.29, 0.717) is 6.54 Å². The highest BCUT2D eigenvalue weighted by atomic mass is 32.2. The highest BCUT2D eigenvalue weighted by molar-refractivity contribution is 7.89. The Morgan fingerprint density at radius 3 is 2.61 bits per heavy atom. The van der Waals surface area contributed by atoms with Crippen LogP contribution >= 0.6 is 0 Å². The third-order valence-corrected chi connectivity index (χ3v) is 5.66. The predicted octanol–water partition coefficient (Wildman–Crippen LogP) is 0.210. The summed E-state index contributed by atoms with van der Waals surface area (Å²) in [6.45, 7) is 3.71. The Hall–Kier alpha value is -1.44. The van der Waals surface area contributed by atoms with Crippen molar-refractivity contribution < 1.29 is 22.8 Å². The van der Waals surface area contributed by atoms with Gasteiger partial charge in [0.2, 0.25) is 10.0 Å². The maximum Gasteiger partial charge on any atom is 0.339 e. The zero-order valence-electron chi connectivity index (χ0n) is 13.5. The molecule has 0 radical (unpaired) electrons. The average Bonchev–Trinajstić information content (AvgIpc) is 2.59. The van der Waals surface area contributed by atoms with E-state index in [4.69, 9.17) is 0 Å². The van der Waals surface area contributed by atoms with E-state index in [9.17, 15) is 13.2 Å². The molecule has 2 rings (SSSR count). The molecule has 0 atom stereocenters. The summed E-state index contributed by atoms with van der Waals surface area (Å²) in [5.74, 6) is -0.649. The number of quaternary nitrogens is 1. The minimum absolute atomic E-state index is 0.0304. The van der Waals surface area contributed by atoms with Crippen molar-refractivity contribution in [2.45, 2.75) is 30.6 Å². The van der Waals surface area contributed by atoms with Crippen LogP contribution in [-0.2, 0) is 14.8 Å². The van der Waals surface area contributed by atoms with Crippen molar-refractivity contribution in [3.05, 3.63) is 29.8 Å². The van der Waals surface area contributed by atoms with Crippen molar-refractivity contribution in [2.75, 3.05) is 33.3 Å². The smallest absolute Gasteiger partial charge is 0.339 e. The quantitative estimate of drug-likeness (QED) is 0.549. The summed E-state index contributed by atoms with van der Waals surface area (Å²) in [6.07, 6.45) is 4.61. The molecule has 1 aliphatic rings. The SMILES string of the molecule is COC(=O)c1ccccc1S(=O)(=O)NCCC[NH+]1CCCCC1. The predicted molar refractivity (Wildman–Crippen MR) is 87.0 cm³/mol. The van der Waals surface area contributed by atoms with Gasteiger partial charge >= 0.3 is 5.97 Å². The van der Waals surface area contributed by atoms with Gasteiger partial charge in [-0.25, -0.2) is 17.9 Å². The number of hydrogen-bond donors (Lipinski definition) is 2. The number of methoxy groups -OCH3 is 1. The summed E-state index contributed by atoms with van der Waals surface area (Å²) in [7, 11) is -2.47. The van der Waals surface area contributed by atoms with Crippen LogP contribution in [0.15, 0.2) is 29.2 Å². The Morgan fingerprint density at radius 2 is 1.91 bits per heavy atom. The molecular weight excluding hydrogens is 316 g/mol. The number of nitrogens with one attached hydrogen (secondary N) is 2. The van der Waals surface area contributed by atoms with E-state index in [1.807, 2.05) is 0 Å². The third-order valence-electron chi connectivity index (χ3n) is 4.14. The van der Waals surface area contributed by atoms with Crippen LogP contribution in [0.4, 0.5) is 0 Å². The van der Waals surface area contributed by atoms with Crippen molar-refractivity contribution >= 4 is 16.0 Å². The van der Waals surface area contributed by atoms with Gasteiger partial charge in [-0.15, -0.1) is 0 Å². The number of likely N-dealkylation sites (tertiary alicyclic amines) is 1. The largest absolute Gasteiger partial charge is 0.465 e. The third kappa shape index (κ3) is 5.02. The molecule has 0 amide bonds. The van der Waals surface area contributed by atoms with E-state index < -0.39 is 16.0 Å². The lowest BCUT2D eigenvalue weighted by atomic mass is 10.1. The molecule has 0 aromatic heterocycles. The van der Waals surface area contributed by atoms with Gasteiger partial charge in [-0.1, -0.05) is 12.1 Å². The molecule has 1 aliphatic heterocycles. The van der Waals surface area contributed by atoms with Crippen LogP contribution < -0.4 is 9.62 Å². The number of benzene rings is 1. The van der Waals surface area contributed by atoms with Crippen molar-refractivity contribution in [1.82, 2.24) is 4.72 Å². The average molecular weight is 341 g/mol. The zero-order valence-corrected chi connectivity index (χ0v) is 14.3. The molecule has 0 unspecified atom stereocenters. The number of carbonyl (C=O) groups is 1. The monoisotopic (exact) mass is 341 g/mol. The second-order valence-electron chi connectivity index (χ2n) is 5.80.